The molecule has 1 saturated carbocycles. The SMILES string of the molecule is COC1CCC(CN=C(N)NC2CCOc3ccccc32)CC1. The molecule has 1 aromatic rings. The van der Waals surface area contributed by atoms with Gasteiger partial charge >= 0.3 is 0 Å². The molecule has 2 aliphatic rings. The van der Waals surface area contributed by atoms with Crippen LogP contribution in [-0.2, 0) is 4.74 Å². The van der Waals surface area contributed by atoms with Gasteiger partial charge in [-0.3, -0.25) is 4.99 Å². The minimum Gasteiger partial charge on any atom is -0.493 e. The minimum atomic E-state index is 0.188. The lowest BCUT2D eigenvalue weighted by Gasteiger charge is -2.28. The number of fused-ring (bicyclic) bond motifs is 1. The van der Waals surface area contributed by atoms with Crippen molar-refractivity contribution in [2.45, 2.75) is 44.2 Å². The summed E-state index contributed by atoms with van der Waals surface area (Å²) in [4.78, 5) is 4.57. The van der Waals surface area contributed by atoms with E-state index in [0.717, 1.165) is 37.1 Å². The number of benzene rings is 1. The van der Waals surface area contributed by atoms with Crippen LogP contribution in [0.3, 0.4) is 0 Å². The van der Waals surface area contributed by atoms with Crippen molar-refractivity contribution in [1.82, 2.24) is 5.32 Å². The molecule has 1 unspecified atom stereocenters. The highest BCUT2D eigenvalue weighted by atomic mass is 16.5. The quantitative estimate of drug-likeness (QED) is 0.661. The molecule has 1 aromatic carbocycles. The van der Waals surface area contributed by atoms with Crippen LogP contribution in [0.1, 0.15) is 43.7 Å². The van der Waals surface area contributed by atoms with Crippen LogP contribution in [0.25, 0.3) is 0 Å². The van der Waals surface area contributed by atoms with Crippen molar-refractivity contribution in [2.24, 2.45) is 16.6 Å². The van der Waals surface area contributed by atoms with E-state index in [1.54, 1.807) is 7.11 Å². The van der Waals surface area contributed by atoms with E-state index >= 15 is 0 Å². The van der Waals surface area contributed by atoms with Crippen molar-refractivity contribution < 1.29 is 9.47 Å². The molecule has 0 spiro atoms. The zero-order valence-corrected chi connectivity index (χ0v) is 13.8. The maximum absolute atomic E-state index is 6.11. The molecular formula is C18H27N3O2. The summed E-state index contributed by atoms with van der Waals surface area (Å²) in [7, 11) is 1.80. The van der Waals surface area contributed by atoms with Gasteiger partial charge in [-0.2, -0.15) is 0 Å². The number of rotatable bonds is 4. The predicted octanol–water partition coefficient (Wildman–Crippen LogP) is 2.62. The normalized spacial score (nSPS) is 27.9. The second-order valence-corrected chi connectivity index (χ2v) is 6.48. The lowest BCUT2D eigenvalue weighted by molar-refractivity contribution is 0.0581. The topological polar surface area (TPSA) is 68.9 Å². The fourth-order valence-electron chi connectivity index (χ4n) is 3.49. The highest BCUT2D eigenvalue weighted by Gasteiger charge is 2.22. The lowest BCUT2D eigenvalue weighted by atomic mass is 9.87. The van der Waals surface area contributed by atoms with Gasteiger partial charge in [-0.15, -0.1) is 0 Å². The van der Waals surface area contributed by atoms with Gasteiger partial charge in [0.25, 0.3) is 0 Å². The van der Waals surface area contributed by atoms with E-state index in [4.69, 9.17) is 15.2 Å². The Labute approximate surface area is 138 Å². The van der Waals surface area contributed by atoms with Gasteiger partial charge in [0.05, 0.1) is 18.8 Å². The fraction of sp³-hybridized carbons (Fsp3) is 0.611. The van der Waals surface area contributed by atoms with Crippen molar-refractivity contribution in [2.75, 3.05) is 20.3 Å². The van der Waals surface area contributed by atoms with Gasteiger partial charge in [-0.05, 0) is 37.7 Å². The van der Waals surface area contributed by atoms with Crippen molar-refractivity contribution in [3.63, 3.8) is 0 Å². The maximum Gasteiger partial charge on any atom is 0.189 e. The van der Waals surface area contributed by atoms with Gasteiger partial charge in [-0.1, -0.05) is 18.2 Å². The fourth-order valence-corrected chi connectivity index (χ4v) is 3.49. The van der Waals surface area contributed by atoms with Gasteiger partial charge in [-0.25, -0.2) is 0 Å². The van der Waals surface area contributed by atoms with Crippen LogP contribution < -0.4 is 15.8 Å². The van der Waals surface area contributed by atoms with Crippen LogP contribution in [-0.4, -0.2) is 32.3 Å². The number of aliphatic imine (C=N–C) groups is 1. The van der Waals surface area contributed by atoms with E-state index in [-0.39, 0.29) is 6.04 Å². The first-order chi connectivity index (χ1) is 11.3. The molecule has 0 amide bonds. The van der Waals surface area contributed by atoms with Crippen molar-refractivity contribution >= 4 is 5.96 Å². The monoisotopic (exact) mass is 317 g/mol. The average molecular weight is 317 g/mol. The Bertz CT molecular complexity index is 539. The van der Waals surface area contributed by atoms with Gasteiger partial charge in [0.15, 0.2) is 5.96 Å². The Balaban J connectivity index is 1.52. The smallest absolute Gasteiger partial charge is 0.189 e. The average Bonchev–Trinajstić information content (AvgIpc) is 2.61. The number of ether oxygens (including phenoxy) is 2. The molecule has 0 bridgehead atoms. The second-order valence-electron chi connectivity index (χ2n) is 6.48. The van der Waals surface area contributed by atoms with Crippen LogP contribution in [0.2, 0.25) is 0 Å². The van der Waals surface area contributed by atoms with Crippen LogP contribution in [0.4, 0.5) is 0 Å². The van der Waals surface area contributed by atoms with Crippen molar-refractivity contribution in [1.29, 1.82) is 0 Å². The lowest BCUT2D eigenvalue weighted by Crippen LogP contribution is -2.37. The number of para-hydroxylation sites is 1. The zero-order chi connectivity index (χ0) is 16.1. The highest BCUT2D eigenvalue weighted by Crippen LogP contribution is 2.31. The number of nitrogens with zero attached hydrogens (tertiary/aromatic N) is 1. The molecule has 1 atom stereocenters. The zero-order valence-electron chi connectivity index (χ0n) is 13.8. The van der Waals surface area contributed by atoms with Gasteiger partial charge < -0.3 is 20.5 Å². The molecule has 1 aliphatic heterocycles. The third-order valence-corrected chi connectivity index (χ3v) is 4.93. The second kappa shape index (κ2) is 7.68. The summed E-state index contributed by atoms with van der Waals surface area (Å²) in [5, 5.41) is 3.36. The number of hydrogen-bond acceptors (Lipinski definition) is 3. The summed E-state index contributed by atoms with van der Waals surface area (Å²) in [6.45, 7) is 1.52. The van der Waals surface area contributed by atoms with E-state index in [2.05, 4.69) is 16.4 Å². The van der Waals surface area contributed by atoms with Gasteiger partial charge in [0.2, 0.25) is 0 Å². The van der Waals surface area contributed by atoms with Crippen LogP contribution in [0.15, 0.2) is 29.3 Å². The Kier molecular flexibility index (Phi) is 5.39. The Morgan fingerprint density at radius 3 is 2.83 bits per heavy atom. The van der Waals surface area contributed by atoms with Crippen LogP contribution in [0.5, 0.6) is 5.75 Å². The molecule has 0 radical (unpaired) electrons. The van der Waals surface area contributed by atoms with Crippen LogP contribution in [0, 0.1) is 5.92 Å². The molecular weight excluding hydrogens is 290 g/mol. The summed E-state index contributed by atoms with van der Waals surface area (Å²) in [5.41, 5.74) is 7.27. The summed E-state index contributed by atoms with van der Waals surface area (Å²) in [5.74, 6) is 2.12. The number of methoxy groups -OCH3 is 1. The Morgan fingerprint density at radius 1 is 1.26 bits per heavy atom. The third kappa shape index (κ3) is 4.16. The van der Waals surface area contributed by atoms with Crippen molar-refractivity contribution in [3.8, 4) is 5.75 Å². The van der Waals surface area contributed by atoms with Crippen molar-refractivity contribution in [3.05, 3.63) is 29.8 Å². The minimum absolute atomic E-state index is 0.188. The molecule has 5 heteroatoms. The predicted molar refractivity (Wildman–Crippen MR) is 91.7 cm³/mol. The molecule has 23 heavy (non-hydrogen) atoms. The largest absolute Gasteiger partial charge is 0.493 e. The summed E-state index contributed by atoms with van der Waals surface area (Å²) in [6, 6.07) is 8.31. The van der Waals surface area contributed by atoms with E-state index in [0.29, 0.717) is 24.6 Å². The number of nitrogens with two attached hydrogens (primary N) is 1. The summed E-state index contributed by atoms with van der Waals surface area (Å²) in [6.07, 6.45) is 5.97. The number of hydrogen-bond donors (Lipinski definition) is 2. The summed E-state index contributed by atoms with van der Waals surface area (Å²) >= 11 is 0. The highest BCUT2D eigenvalue weighted by molar-refractivity contribution is 5.78. The first-order valence-electron chi connectivity index (χ1n) is 8.57. The molecule has 126 valence electrons. The van der Waals surface area contributed by atoms with Gasteiger partial charge in [0.1, 0.15) is 5.75 Å². The molecule has 3 rings (SSSR count). The van der Waals surface area contributed by atoms with E-state index < -0.39 is 0 Å². The first kappa shape index (κ1) is 16.1. The molecule has 3 N–H and O–H groups in total. The Morgan fingerprint density at radius 2 is 2.04 bits per heavy atom. The summed E-state index contributed by atoms with van der Waals surface area (Å²) < 4.78 is 11.1. The van der Waals surface area contributed by atoms with E-state index in [1.807, 2.05) is 18.2 Å². The number of nitrogens with one attached hydrogen (secondary N) is 1. The van der Waals surface area contributed by atoms with E-state index in [9.17, 15) is 0 Å². The molecule has 1 aliphatic carbocycles. The Hall–Kier alpha value is -1.75. The molecule has 1 heterocycles. The standard InChI is InChI=1S/C18H27N3O2/c1-22-14-8-6-13(7-9-14)12-20-18(19)21-16-10-11-23-17-5-3-2-4-15(16)17/h2-5,13-14,16H,6-12H2,1H3,(H3,19,20,21). The third-order valence-electron chi connectivity index (χ3n) is 4.93. The molecule has 0 saturated heterocycles. The van der Waals surface area contributed by atoms with Gasteiger partial charge in [0, 0.05) is 25.6 Å². The van der Waals surface area contributed by atoms with Crippen LogP contribution >= 0.6 is 0 Å². The molecule has 0 aromatic heterocycles. The first-order valence-corrected chi connectivity index (χ1v) is 8.57. The maximum atomic E-state index is 6.11. The molecule has 1 fully saturated rings. The molecule has 5 nitrogen and oxygen atoms in total. The number of guanidine groups is 1. The van der Waals surface area contributed by atoms with E-state index in [1.165, 1.54) is 12.8 Å².